The Morgan fingerprint density at radius 2 is 1.80 bits per heavy atom. The Kier molecular flexibility index (Phi) is 7.31. The first-order valence-corrected chi connectivity index (χ1v) is 10.0. The maximum Gasteiger partial charge on any atom is 0.289 e. The number of carbonyl (C=O) groups is 2. The van der Waals surface area contributed by atoms with Crippen LogP contribution in [0.15, 0.2) is 52.1 Å². The molecule has 2 heterocycles. The molecular formula is C21H27N5O4. The van der Waals surface area contributed by atoms with Gasteiger partial charge in [0.2, 0.25) is 0 Å². The van der Waals surface area contributed by atoms with Crippen LogP contribution in [-0.2, 0) is 0 Å². The molecule has 9 heteroatoms. The van der Waals surface area contributed by atoms with Gasteiger partial charge >= 0.3 is 0 Å². The minimum Gasteiger partial charge on any atom is -0.507 e. The van der Waals surface area contributed by atoms with Crippen molar-refractivity contribution in [3.05, 3.63) is 54.0 Å². The lowest BCUT2D eigenvalue weighted by Crippen LogP contribution is -2.53. The topological polar surface area (TPSA) is 110 Å². The molecule has 9 nitrogen and oxygen atoms in total. The summed E-state index contributed by atoms with van der Waals surface area (Å²) in [6, 6.07) is 9.79. The van der Waals surface area contributed by atoms with Crippen molar-refractivity contribution in [1.29, 1.82) is 0 Å². The number of hydrogen-bond acceptors (Lipinski definition) is 5. The summed E-state index contributed by atoms with van der Waals surface area (Å²) in [5.41, 5.74) is 0.241. The van der Waals surface area contributed by atoms with Crippen LogP contribution in [0.25, 0.3) is 0 Å². The number of piperazine rings is 1. The van der Waals surface area contributed by atoms with Gasteiger partial charge in [-0.25, -0.2) is 0 Å². The molecule has 0 atom stereocenters. The van der Waals surface area contributed by atoms with Crippen LogP contribution in [0, 0.1) is 0 Å². The van der Waals surface area contributed by atoms with Crippen LogP contribution in [0.4, 0.5) is 0 Å². The molecule has 1 aromatic heterocycles. The van der Waals surface area contributed by atoms with Gasteiger partial charge in [-0.3, -0.25) is 14.6 Å². The Balaban J connectivity index is 1.49. The van der Waals surface area contributed by atoms with E-state index < -0.39 is 0 Å². The number of amides is 2. The summed E-state index contributed by atoms with van der Waals surface area (Å²) < 4.78 is 5.19. The third-order valence-electron chi connectivity index (χ3n) is 4.74. The van der Waals surface area contributed by atoms with E-state index in [1.165, 1.54) is 12.3 Å². The van der Waals surface area contributed by atoms with Crippen molar-refractivity contribution in [2.45, 2.75) is 6.92 Å². The smallest absolute Gasteiger partial charge is 0.289 e. The van der Waals surface area contributed by atoms with E-state index >= 15 is 0 Å². The first kappa shape index (κ1) is 21.2. The number of furan rings is 1. The summed E-state index contributed by atoms with van der Waals surface area (Å²) >= 11 is 0. The second-order valence-corrected chi connectivity index (χ2v) is 6.77. The molecule has 0 aliphatic carbocycles. The number of para-hydroxylation sites is 1. The van der Waals surface area contributed by atoms with Gasteiger partial charge in [-0.15, -0.1) is 0 Å². The molecule has 30 heavy (non-hydrogen) atoms. The minimum absolute atomic E-state index is 0.0474. The van der Waals surface area contributed by atoms with Crippen LogP contribution < -0.4 is 10.6 Å². The fourth-order valence-corrected chi connectivity index (χ4v) is 3.20. The van der Waals surface area contributed by atoms with Crippen molar-refractivity contribution in [1.82, 2.24) is 20.4 Å². The molecule has 0 unspecified atom stereocenters. The summed E-state index contributed by atoms with van der Waals surface area (Å²) in [5.74, 6) is 0.615. The Labute approximate surface area is 175 Å². The molecule has 1 aromatic carbocycles. The molecule has 2 amide bonds. The second-order valence-electron chi connectivity index (χ2n) is 6.77. The number of aliphatic imine (C=N–C) groups is 1. The molecule has 1 saturated heterocycles. The molecule has 0 radical (unpaired) electrons. The van der Waals surface area contributed by atoms with Gasteiger partial charge in [0.25, 0.3) is 11.8 Å². The number of nitrogens with one attached hydrogen (secondary N) is 2. The maximum atomic E-state index is 12.4. The second kappa shape index (κ2) is 10.3. The molecule has 2 aromatic rings. The Bertz CT molecular complexity index is 873. The van der Waals surface area contributed by atoms with Gasteiger partial charge in [0.1, 0.15) is 5.75 Å². The van der Waals surface area contributed by atoms with Gasteiger partial charge in [-0.2, -0.15) is 0 Å². The van der Waals surface area contributed by atoms with E-state index in [2.05, 4.69) is 20.5 Å². The monoisotopic (exact) mass is 413 g/mol. The Morgan fingerprint density at radius 1 is 1.07 bits per heavy atom. The predicted molar refractivity (Wildman–Crippen MR) is 113 cm³/mol. The number of guanidine groups is 1. The van der Waals surface area contributed by atoms with E-state index in [-0.39, 0.29) is 23.1 Å². The number of rotatable bonds is 6. The Hall–Kier alpha value is -3.49. The van der Waals surface area contributed by atoms with Gasteiger partial charge in [0.05, 0.1) is 18.4 Å². The van der Waals surface area contributed by atoms with Crippen molar-refractivity contribution in [2.75, 3.05) is 45.8 Å². The highest BCUT2D eigenvalue weighted by Crippen LogP contribution is 2.14. The summed E-state index contributed by atoms with van der Waals surface area (Å²) in [7, 11) is 0. The van der Waals surface area contributed by atoms with E-state index in [0.29, 0.717) is 51.6 Å². The molecule has 1 aliphatic heterocycles. The summed E-state index contributed by atoms with van der Waals surface area (Å²) in [5, 5.41) is 15.8. The van der Waals surface area contributed by atoms with E-state index in [0.717, 1.165) is 5.96 Å². The highest BCUT2D eigenvalue weighted by atomic mass is 16.3. The molecule has 3 rings (SSSR count). The van der Waals surface area contributed by atoms with Crippen molar-refractivity contribution >= 4 is 17.8 Å². The lowest BCUT2D eigenvalue weighted by molar-refractivity contribution is 0.0657. The lowest BCUT2D eigenvalue weighted by Gasteiger charge is -2.36. The average Bonchev–Trinajstić information content (AvgIpc) is 3.30. The molecule has 1 fully saturated rings. The van der Waals surface area contributed by atoms with Gasteiger partial charge in [0, 0.05) is 39.3 Å². The van der Waals surface area contributed by atoms with Crippen molar-refractivity contribution in [2.24, 2.45) is 4.99 Å². The van der Waals surface area contributed by atoms with Crippen molar-refractivity contribution in [3.8, 4) is 5.75 Å². The first-order chi connectivity index (χ1) is 14.6. The highest BCUT2D eigenvalue weighted by Gasteiger charge is 2.25. The van der Waals surface area contributed by atoms with Crippen LogP contribution >= 0.6 is 0 Å². The van der Waals surface area contributed by atoms with Gasteiger partial charge in [0.15, 0.2) is 11.7 Å². The van der Waals surface area contributed by atoms with Gasteiger partial charge < -0.3 is 30.0 Å². The SMILES string of the molecule is CCNC(=NCCNC(=O)c1ccccc1O)N1CCN(C(=O)c2ccco2)CC1. The molecule has 3 N–H and O–H groups in total. The highest BCUT2D eigenvalue weighted by molar-refractivity contribution is 5.96. The number of phenolic OH excluding ortho intramolecular Hbond substituents is 1. The molecule has 0 bridgehead atoms. The fraction of sp³-hybridized carbons (Fsp3) is 0.381. The zero-order chi connectivity index (χ0) is 21.3. The number of hydrogen-bond donors (Lipinski definition) is 3. The zero-order valence-corrected chi connectivity index (χ0v) is 17.0. The normalized spacial score (nSPS) is 14.5. The number of phenols is 1. The summed E-state index contributed by atoms with van der Waals surface area (Å²) in [4.78, 5) is 33.0. The van der Waals surface area contributed by atoms with Gasteiger partial charge in [-0.1, -0.05) is 12.1 Å². The number of nitrogens with zero attached hydrogens (tertiary/aromatic N) is 3. The van der Waals surface area contributed by atoms with Crippen LogP contribution in [-0.4, -0.2) is 78.5 Å². The standard InChI is InChI=1S/C21H27N5O4/c1-2-22-21(24-10-9-23-19(28)16-6-3-4-7-17(16)27)26-13-11-25(12-14-26)20(29)18-8-5-15-30-18/h3-8,15,27H,2,9-14H2,1H3,(H,22,24)(H,23,28). The zero-order valence-electron chi connectivity index (χ0n) is 17.0. The molecule has 1 aliphatic rings. The van der Waals surface area contributed by atoms with Crippen molar-refractivity contribution < 1.29 is 19.1 Å². The summed E-state index contributed by atoms with van der Waals surface area (Å²) in [6.07, 6.45) is 1.50. The van der Waals surface area contributed by atoms with E-state index in [9.17, 15) is 14.7 Å². The maximum absolute atomic E-state index is 12.4. The number of benzene rings is 1. The quantitative estimate of drug-likeness (QED) is 0.372. The largest absolute Gasteiger partial charge is 0.507 e. The Morgan fingerprint density at radius 3 is 2.47 bits per heavy atom. The van der Waals surface area contributed by atoms with Crippen molar-refractivity contribution in [3.63, 3.8) is 0 Å². The third kappa shape index (κ3) is 5.31. The van der Waals surface area contributed by atoms with E-state index in [4.69, 9.17) is 4.42 Å². The molecule has 160 valence electrons. The fourth-order valence-electron chi connectivity index (χ4n) is 3.20. The summed E-state index contributed by atoms with van der Waals surface area (Å²) in [6.45, 7) is 5.92. The van der Waals surface area contributed by atoms with E-state index in [1.54, 1.807) is 35.2 Å². The van der Waals surface area contributed by atoms with Crippen LogP contribution in [0.3, 0.4) is 0 Å². The van der Waals surface area contributed by atoms with E-state index in [1.807, 2.05) is 6.92 Å². The lowest BCUT2D eigenvalue weighted by atomic mass is 10.2. The van der Waals surface area contributed by atoms with Crippen LogP contribution in [0.1, 0.15) is 27.8 Å². The number of aromatic hydroxyl groups is 1. The van der Waals surface area contributed by atoms with Crippen LogP contribution in [0.5, 0.6) is 5.75 Å². The average molecular weight is 413 g/mol. The minimum atomic E-state index is -0.335. The third-order valence-corrected chi connectivity index (χ3v) is 4.74. The molecular weight excluding hydrogens is 386 g/mol. The first-order valence-electron chi connectivity index (χ1n) is 10.0. The predicted octanol–water partition coefficient (Wildman–Crippen LogP) is 1.14. The van der Waals surface area contributed by atoms with Gasteiger partial charge in [-0.05, 0) is 31.2 Å². The van der Waals surface area contributed by atoms with Crippen LogP contribution in [0.2, 0.25) is 0 Å². The molecule has 0 spiro atoms. The molecule has 0 saturated carbocycles. The number of carbonyl (C=O) groups excluding carboxylic acids is 2.